The third-order valence-electron chi connectivity index (χ3n) is 6.47. The van der Waals surface area contributed by atoms with Gasteiger partial charge in [-0.1, -0.05) is 61.2 Å². The van der Waals surface area contributed by atoms with E-state index in [1.165, 1.54) is 43.1 Å². The summed E-state index contributed by atoms with van der Waals surface area (Å²) in [7, 11) is 1.32. The Morgan fingerprint density at radius 2 is 1.19 bits per heavy atom. The maximum Gasteiger partial charge on any atom is 0.343 e. The first-order valence-electron chi connectivity index (χ1n) is 11.1. The van der Waals surface area contributed by atoms with Gasteiger partial charge in [0, 0.05) is 5.41 Å². The fraction of sp³-hybridized carbons (Fsp3) is 0.286. The first-order chi connectivity index (χ1) is 15.5. The van der Waals surface area contributed by atoms with Crippen molar-refractivity contribution in [1.82, 2.24) is 0 Å². The van der Waals surface area contributed by atoms with Crippen LogP contribution < -0.4 is 4.74 Å². The Morgan fingerprint density at radius 3 is 1.72 bits per heavy atom. The zero-order chi connectivity index (χ0) is 22.6. The number of benzene rings is 3. The predicted molar refractivity (Wildman–Crippen MR) is 124 cm³/mol. The number of aryl methyl sites for hydroxylation is 1. The molecular weight excluding hydrogens is 400 g/mol. The van der Waals surface area contributed by atoms with Crippen LogP contribution >= 0.6 is 0 Å². The molecule has 0 amide bonds. The van der Waals surface area contributed by atoms with Crippen molar-refractivity contribution in [2.24, 2.45) is 0 Å². The van der Waals surface area contributed by atoms with Crippen molar-refractivity contribution in [3.63, 3.8) is 0 Å². The topological polar surface area (TPSA) is 52.6 Å². The molecule has 1 fully saturated rings. The van der Waals surface area contributed by atoms with Crippen LogP contribution in [0, 0.1) is 6.92 Å². The summed E-state index contributed by atoms with van der Waals surface area (Å²) >= 11 is 0. The molecule has 3 aromatic carbocycles. The number of esters is 2. The Bertz CT molecular complexity index is 1070. The SMILES string of the molecule is COC(=O)c1ccc(C(=O)Oc2ccc(C3(c4ccc(C)cc4)CCCCC3)cc2)cc1. The quantitative estimate of drug-likeness (QED) is 0.356. The average Bonchev–Trinajstić information content (AvgIpc) is 2.85. The van der Waals surface area contributed by atoms with Crippen LogP contribution in [0.1, 0.15) is 69.5 Å². The summed E-state index contributed by atoms with van der Waals surface area (Å²) in [5.41, 5.74) is 4.67. The number of rotatable bonds is 5. The third kappa shape index (κ3) is 4.45. The van der Waals surface area contributed by atoms with Crippen LogP contribution in [-0.4, -0.2) is 19.0 Å². The lowest BCUT2D eigenvalue weighted by Crippen LogP contribution is -2.30. The van der Waals surface area contributed by atoms with E-state index in [2.05, 4.69) is 48.1 Å². The normalized spacial score (nSPS) is 15.1. The highest BCUT2D eigenvalue weighted by molar-refractivity contribution is 5.94. The second-order valence-electron chi connectivity index (χ2n) is 8.49. The largest absolute Gasteiger partial charge is 0.465 e. The molecule has 0 aromatic heterocycles. The van der Waals surface area contributed by atoms with Gasteiger partial charge >= 0.3 is 11.9 Å². The van der Waals surface area contributed by atoms with Crippen LogP contribution in [-0.2, 0) is 10.2 Å². The van der Waals surface area contributed by atoms with Crippen LogP contribution in [0.5, 0.6) is 5.75 Å². The zero-order valence-corrected chi connectivity index (χ0v) is 18.6. The smallest absolute Gasteiger partial charge is 0.343 e. The number of methoxy groups -OCH3 is 1. The number of carbonyl (C=O) groups is 2. The van der Waals surface area contributed by atoms with Crippen molar-refractivity contribution in [2.45, 2.75) is 44.4 Å². The highest BCUT2D eigenvalue weighted by Gasteiger charge is 2.35. The van der Waals surface area contributed by atoms with Crippen molar-refractivity contribution in [3.8, 4) is 5.75 Å². The molecule has 164 valence electrons. The molecule has 4 nitrogen and oxygen atoms in total. The first-order valence-corrected chi connectivity index (χ1v) is 11.1. The van der Waals surface area contributed by atoms with E-state index >= 15 is 0 Å². The minimum absolute atomic E-state index is 0.0121. The van der Waals surface area contributed by atoms with E-state index in [0.717, 1.165) is 12.8 Å². The molecule has 1 aliphatic rings. The van der Waals surface area contributed by atoms with Gasteiger partial charge in [0.15, 0.2) is 0 Å². The van der Waals surface area contributed by atoms with Gasteiger partial charge in [-0.3, -0.25) is 0 Å². The van der Waals surface area contributed by atoms with E-state index in [9.17, 15) is 9.59 Å². The molecule has 0 radical (unpaired) electrons. The molecule has 4 heteroatoms. The van der Waals surface area contributed by atoms with Crippen molar-refractivity contribution in [2.75, 3.05) is 7.11 Å². The predicted octanol–water partition coefficient (Wildman–Crippen LogP) is 6.25. The third-order valence-corrected chi connectivity index (χ3v) is 6.47. The summed E-state index contributed by atoms with van der Waals surface area (Å²) in [5, 5.41) is 0. The summed E-state index contributed by atoms with van der Waals surface area (Å²) in [6.45, 7) is 2.11. The molecule has 0 atom stereocenters. The molecule has 1 saturated carbocycles. The van der Waals surface area contributed by atoms with Crippen LogP contribution in [0.4, 0.5) is 0 Å². The molecule has 0 saturated heterocycles. The fourth-order valence-electron chi connectivity index (χ4n) is 4.64. The fourth-order valence-corrected chi connectivity index (χ4v) is 4.64. The van der Waals surface area contributed by atoms with E-state index in [1.54, 1.807) is 24.3 Å². The van der Waals surface area contributed by atoms with Crippen molar-refractivity contribution >= 4 is 11.9 Å². The number of hydrogen-bond acceptors (Lipinski definition) is 4. The van der Waals surface area contributed by atoms with Gasteiger partial charge in [0.05, 0.1) is 18.2 Å². The van der Waals surface area contributed by atoms with Crippen LogP contribution in [0.2, 0.25) is 0 Å². The van der Waals surface area contributed by atoms with E-state index in [0.29, 0.717) is 16.9 Å². The summed E-state index contributed by atoms with van der Waals surface area (Å²) in [4.78, 5) is 24.1. The molecule has 32 heavy (non-hydrogen) atoms. The number of carbonyl (C=O) groups excluding carboxylic acids is 2. The summed E-state index contributed by atoms with van der Waals surface area (Å²) < 4.78 is 10.3. The monoisotopic (exact) mass is 428 g/mol. The zero-order valence-electron chi connectivity index (χ0n) is 18.6. The van der Waals surface area contributed by atoms with Gasteiger partial charge in [-0.15, -0.1) is 0 Å². The second kappa shape index (κ2) is 9.39. The van der Waals surface area contributed by atoms with Crippen LogP contribution in [0.15, 0.2) is 72.8 Å². The molecular formula is C28H28O4. The van der Waals surface area contributed by atoms with Gasteiger partial charge in [-0.25, -0.2) is 9.59 Å². The lowest BCUT2D eigenvalue weighted by Gasteiger charge is -2.38. The minimum atomic E-state index is -0.458. The van der Waals surface area contributed by atoms with E-state index in [1.807, 2.05) is 12.1 Å². The molecule has 3 aromatic rings. The molecule has 1 aliphatic carbocycles. The van der Waals surface area contributed by atoms with Gasteiger partial charge in [0.25, 0.3) is 0 Å². The lowest BCUT2D eigenvalue weighted by atomic mass is 9.65. The van der Waals surface area contributed by atoms with Gasteiger partial charge in [-0.2, -0.15) is 0 Å². The second-order valence-corrected chi connectivity index (χ2v) is 8.49. The molecule has 0 unspecified atom stereocenters. The lowest BCUT2D eigenvalue weighted by molar-refractivity contribution is 0.0599. The number of ether oxygens (including phenoxy) is 2. The molecule has 0 spiro atoms. The minimum Gasteiger partial charge on any atom is -0.465 e. The van der Waals surface area contributed by atoms with E-state index < -0.39 is 11.9 Å². The highest BCUT2D eigenvalue weighted by Crippen LogP contribution is 2.45. The van der Waals surface area contributed by atoms with Crippen molar-refractivity contribution < 1.29 is 19.1 Å². The Morgan fingerprint density at radius 1 is 0.688 bits per heavy atom. The average molecular weight is 429 g/mol. The van der Waals surface area contributed by atoms with Gasteiger partial charge < -0.3 is 9.47 Å². The molecule has 0 aliphatic heterocycles. The molecule has 0 heterocycles. The molecule has 0 bridgehead atoms. The van der Waals surface area contributed by atoms with Crippen LogP contribution in [0.25, 0.3) is 0 Å². The van der Waals surface area contributed by atoms with Crippen molar-refractivity contribution in [3.05, 3.63) is 101 Å². The Balaban J connectivity index is 1.53. The first kappa shape index (κ1) is 21.8. The number of hydrogen-bond donors (Lipinski definition) is 0. The Kier molecular flexibility index (Phi) is 6.40. The van der Waals surface area contributed by atoms with Gasteiger partial charge in [0.2, 0.25) is 0 Å². The molecule has 0 N–H and O–H groups in total. The maximum absolute atomic E-state index is 12.5. The maximum atomic E-state index is 12.5. The summed E-state index contributed by atoms with van der Waals surface area (Å²) in [6, 6.07) is 23.1. The Hall–Kier alpha value is -3.40. The molecule has 4 rings (SSSR count). The van der Waals surface area contributed by atoms with E-state index in [4.69, 9.17) is 4.74 Å². The highest BCUT2D eigenvalue weighted by atomic mass is 16.5. The van der Waals surface area contributed by atoms with Crippen molar-refractivity contribution in [1.29, 1.82) is 0 Å². The van der Waals surface area contributed by atoms with Gasteiger partial charge in [-0.05, 0) is 67.3 Å². The van der Waals surface area contributed by atoms with E-state index in [-0.39, 0.29) is 5.41 Å². The summed E-state index contributed by atoms with van der Waals surface area (Å²) in [6.07, 6.45) is 5.96. The summed E-state index contributed by atoms with van der Waals surface area (Å²) in [5.74, 6) is -0.392. The van der Waals surface area contributed by atoms with Gasteiger partial charge in [0.1, 0.15) is 5.75 Å². The standard InChI is InChI=1S/C28H28O4/c1-20-6-12-23(13-7-20)28(18-4-3-5-19-28)24-14-16-25(17-15-24)32-27(30)22-10-8-21(9-11-22)26(29)31-2/h6-17H,3-5,18-19H2,1-2H3. The Labute approximate surface area is 189 Å². The van der Waals surface area contributed by atoms with Crippen LogP contribution in [0.3, 0.4) is 0 Å².